The zero-order valence-electron chi connectivity index (χ0n) is 11.8. The minimum atomic E-state index is 0.469. The number of anilines is 1. The molecule has 1 aliphatic heterocycles. The fraction of sp³-hybridized carbons (Fsp3) is 0.533. The smallest absolute Gasteiger partial charge is 0.103 e. The van der Waals surface area contributed by atoms with Crippen LogP contribution in [0.25, 0.3) is 0 Å². The number of rotatable bonds is 4. The van der Waals surface area contributed by atoms with Gasteiger partial charge in [-0.15, -0.1) is 0 Å². The first-order chi connectivity index (χ1) is 9.06. The first-order valence-corrected chi connectivity index (χ1v) is 7.26. The molecule has 1 fully saturated rings. The van der Waals surface area contributed by atoms with Crippen LogP contribution in [-0.2, 0) is 0 Å². The van der Waals surface area contributed by atoms with Crippen LogP contribution in [0.2, 0.25) is 0 Å². The quantitative estimate of drug-likeness (QED) is 0.854. The summed E-state index contributed by atoms with van der Waals surface area (Å²) in [5, 5.41) is 0. The lowest BCUT2D eigenvalue weighted by molar-refractivity contribution is 0.285. The van der Waals surface area contributed by atoms with E-state index in [4.69, 9.17) is 18.0 Å². The van der Waals surface area contributed by atoms with Gasteiger partial charge in [0, 0.05) is 30.9 Å². The second-order valence-corrected chi connectivity index (χ2v) is 6.04. The van der Waals surface area contributed by atoms with Gasteiger partial charge in [0.05, 0.1) is 0 Å². The van der Waals surface area contributed by atoms with Gasteiger partial charge in [0.15, 0.2) is 0 Å². The molecule has 0 spiro atoms. The fourth-order valence-corrected chi connectivity index (χ4v) is 2.86. The summed E-state index contributed by atoms with van der Waals surface area (Å²) < 4.78 is 0. The third kappa shape index (κ3) is 3.91. The van der Waals surface area contributed by atoms with Gasteiger partial charge < -0.3 is 15.5 Å². The molecule has 0 amide bonds. The molecule has 2 rings (SSSR count). The summed E-state index contributed by atoms with van der Waals surface area (Å²) in [7, 11) is 4.31. The van der Waals surface area contributed by atoms with E-state index in [1.165, 1.54) is 25.1 Å². The van der Waals surface area contributed by atoms with Crippen molar-refractivity contribution in [2.45, 2.75) is 12.8 Å². The Morgan fingerprint density at radius 1 is 1.26 bits per heavy atom. The standard InChI is InChI=1S/C15H23N3S/c1-17(2)11-12-7-9-18(10-8-12)14-5-3-13(4-6-14)15(16)19/h3-6,12H,7-11H2,1-2H3,(H2,16,19). The maximum atomic E-state index is 5.62. The van der Waals surface area contributed by atoms with E-state index >= 15 is 0 Å². The van der Waals surface area contributed by atoms with Gasteiger partial charge >= 0.3 is 0 Å². The van der Waals surface area contributed by atoms with Gasteiger partial charge in [0.2, 0.25) is 0 Å². The molecule has 0 aromatic heterocycles. The van der Waals surface area contributed by atoms with Crippen LogP contribution in [0.15, 0.2) is 24.3 Å². The van der Waals surface area contributed by atoms with Crippen molar-refractivity contribution in [2.24, 2.45) is 11.7 Å². The predicted octanol–water partition coefficient (Wildman–Crippen LogP) is 2.10. The summed E-state index contributed by atoms with van der Waals surface area (Å²) in [4.78, 5) is 5.21. The van der Waals surface area contributed by atoms with Crippen molar-refractivity contribution in [2.75, 3.05) is 38.6 Å². The zero-order chi connectivity index (χ0) is 13.8. The van der Waals surface area contributed by atoms with Gasteiger partial charge in [-0.3, -0.25) is 0 Å². The summed E-state index contributed by atoms with van der Waals surface area (Å²) in [6, 6.07) is 8.29. The number of piperidine rings is 1. The molecule has 0 bridgehead atoms. The monoisotopic (exact) mass is 277 g/mol. The summed E-state index contributed by atoms with van der Waals surface area (Å²) >= 11 is 4.98. The van der Waals surface area contributed by atoms with Crippen molar-refractivity contribution in [1.82, 2.24) is 4.90 Å². The molecule has 4 heteroatoms. The van der Waals surface area contributed by atoms with E-state index in [0.717, 1.165) is 24.6 Å². The fourth-order valence-electron chi connectivity index (χ4n) is 2.73. The normalized spacial score (nSPS) is 16.9. The molecule has 2 N–H and O–H groups in total. The largest absolute Gasteiger partial charge is 0.389 e. The number of nitrogens with two attached hydrogens (primary N) is 1. The van der Waals surface area contributed by atoms with Crippen LogP contribution in [-0.4, -0.2) is 43.6 Å². The lowest BCUT2D eigenvalue weighted by Gasteiger charge is -2.34. The molecule has 0 unspecified atom stereocenters. The summed E-state index contributed by atoms with van der Waals surface area (Å²) in [6.07, 6.45) is 2.55. The van der Waals surface area contributed by atoms with Gasteiger partial charge in [-0.1, -0.05) is 12.2 Å². The van der Waals surface area contributed by atoms with E-state index in [1.807, 2.05) is 12.1 Å². The van der Waals surface area contributed by atoms with E-state index in [0.29, 0.717) is 4.99 Å². The number of benzene rings is 1. The first-order valence-electron chi connectivity index (χ1n) is 6.86. The Hall–Kier alpha value is -1.13. The molecule has 1 aromatic rings. The summed E-state index contributed by atoms with van der Waals surface area (Å²) in [5.41, 5.74) is 7.85. The Bertz CT molecular complexity index is 420. The first kappa shape index (κ1) is 14.3. The lowest BCUT2D eigenvalue weighted by atomic mass is 9.96. The van der Waals surface area contributed by atoms with Gasteiger partial charge in [0.25, 0.3) is 0 Å². The molecule has 19 heavy (non-hydrogen) atoms. The number of hydrogen-bond donors (Lipinski definition) is 1. The molecule has 0 atom stereocenters. The Balaban J connectivity index is 1.92. The molecule has 0 aliphatic carbocycles. The highest BCUT2D eigenvalue weighted by Gasteiger charge is 2.19. The molecule has 1 saturated heterocycles. The van der Waals surface area contributed by atoms with Crippen molar-refractivity contribution < 1.29 is 0 Å². The summed E-state index contributed by atoms with van der Waals surface area (Å²) in [5.74, 6) is 0.835. The third-order valence-electron chi connectivity index (χ3n) is 3.75. The van der Waals surface area contributed by atoms with Crippen molar-refractivity contribution in [3.63, 3.8) is 0 Å². The second kappa shape index (κ2) is 6.35. The Morgan fingerprint density at radius 3 is 2.32 bits per heavy atom. The molecule has 3 nitrogen and oxygen atoms in total. The van der Waals surface area contributed by atoms with Gasteiger partial charge in [-0.2, -0.15) is 0 Å². The molecule has 0 radical (unpaired) electrons. The molecule has 1 aromatic carbocycles. The SMILES string of the molecule is CN(C)CC1CCN(c2ccc(C(N)=S)cc2)CC1. The highest BCUT2D eigenvalue weighted by molar-refractivity contribution is 7.80. The number of thiocarbonyl (C=S) groups is 1. The summed E-state index contributed by atoms with van der Waals surface area (Å²) in [6.45, 7) is 3.49. The Labute approximate surface area is 121 Å². The highest BCUT2D eigenvalue weighted by atomic mass is 32.1. The van der Waals surface area contributed by atoms with Crippen molar-refractivity contribution in [1.29, 1.82) is 0 Å². The molecule has 0 saturated carbocycles. The average Bonchev–Trinajstić information content (AvgIpc) is 2.39. The maximum absolute atomic E-state index is 5.62. The van der Waals surface area contributed by atoms with Crippen molar-refractivity contribution >= 4 is 22.9 Å². The predicted molar refractivity (Wildman–Crippen MR) is 85.8 cm³/mol. The van der Waals surface area contributed by atoms with Crippen LogP contribution in [0.3, 0.4) is 0 Å². The molecule has 1 aliphatic rings. The van der Waals surface area contributed by atoms with Crippen LogP contribution in [0.5, 0.6) is 0 Å². The van der Waals surface area contributed by atoms with E-state index in [1.54, 1.807) is 0 Å². The van der Waals surface area contributed by atoms with E-state index in [9.17, 15) is 0 Å². The zero-order valence-corrected chi connectivity index (χ0v) is 12.6. The van der Waals surface area contributed by atoms with E-state index in [-0.39, 0.29) is 0 Å². The van der Waals surface area contributed by atoms with Crippen LogP contribution in [0, 0.1) is 5.92 Å². The average molecular weight is 277 g/mol. The second-order valence-electron chi connectivity index (χ2n) is 5.60. The van der Waals surface area contributed by atoms with Crippen LogP contribution < -0.4 is 10.6 Å². The Morgan fingerprint density at radius 2 is 1.84 bits per heavy atom. The van der Waals surface area contributed by atoms with Crippen molar-refractivity contribution in [3.05, 3.63) is 29.8 Å². The number of nitrogens with zero attached hydrogens (tertiary/aromatic N) is 2. The van der Waals surface area contributed by atoms with Gasteiger partial charge in [-0.25, -0.2) is 0 Å². The third-order valence-corrected chi connectivity index (χ3v) is 3.99. The van der Waals surface area contributed by atoms with Crippen molar-refractivity contribution in [3.8, 4) is 0 Å². The molecule has 104 valence electrons. The molecule has 1 heterocycles. The number of hydrogen-bond acceptors (Lipinski definition) is 3. The minimum Gasteiger partial charge on any atom is -0.389 e. The topological polar surface area (TPSA) is 32.5 Å². The van der Waals surface area contributed by atoms with Gasteiger partial charge in [-0.05, 0) is 57.1 Å². The lowest BCUT2D eigenvalue weighted by Crippen LogP contribution is -2.37. The van der Waals surface area contributed by atoms with Gasteiger partial charge in [0.1, 0.15) is 4.99 Å². The molecular weight excluding hydrogens is 254 g/mol. The Kier molecular flexibility index (Phi) is 4.77. The van der Waals surface area contributed by atoms with Crippen LogP contribution in [0.1, 0.15) is 18.4 Å². The molecular formula is C15H23N3S. The minimum absolute atomic E-state index is 0.469. The van der Waals surface area contributed by atoms with Crippen LogP contribution >= 0.6 is 12.2 Å². The van der Waals surface area contributed by atoms with E-state index < -0.39 is 0 Å². The maximum Gasteiger partial charge on any atom is 0.103 e. The van der Waals surface area contributed by atoms with Crippen LogP contribution in [0.4, 0.5) is 5.69 Å². The highest BCUT2D eigenvalue weighted by Crippen LogP contribution is 2.23. The van der Waals surface area contributed by atoms with E-state index in [2.05, 4.69) is 36.0 Å².